The van der Waals surface area contributed by atoms with Gasteiger partial charge in [0.25, 0.3) is 0 Å². The highest BCUT2D eigenvalue weighted by Crippen LogP contribution is 2.47. The summed E-state index contributed by atoms with van der Waals surface area (Å²) >= 11 is 0. The van der Waals surface area contributed by atoms with Crippen LogP contribution in [0.5, 0.6) is 0 Å². The molecule has 6 heteroatoms. The molecule has 1 saturated heterocycles. The van der Waals surface area contributed by atoms with E-state index in [1.807, 2.05) is 12.1 Å². The van der Waals surface area contributed by atoms with Crippen molar-refractivity contribution >= 4 is 17.2 Å². The van der Waals surface area contributed by atoms with Gasteiger partial charge in [0.1, 0.15) is 12.1 Å². The van der Waals surface area contributed by atoms with E-state index in [0.29, 0.717) is 29.1 Å². The zero-order valence-electron chi connectivity index (χ0n) is 17.4. The number of hydrogen-bond donors (Lipinski definition) is 2. The second kappa shape index (κ2) is 8.11. The van der Waals surface area contributed by atoms with Crippen LogP contribution in [0.15, 0.2) is 30.6 Å². The van der Waals surface area contributed by atoms with Crippen LogP contribution in [-0.4, -0.2) is 41.5 Å². The number of aromatic nitrogens is 2. The number of hydrogen-bond acceptors (Lipinski definition) is 6. The summed E-state index contributed by atoms with van der Waals surface area (Å²) in [6.07, 6.45) is 7.53. The van der Waals surface area contributed by atoms with Gasteiger partial charge >= 0.3 is 0 Å². The maximum atomic E-state index is 8.76. The summed E-state index contributed by atoms with van der Waals surface area (Å²) in [5.41, 5.74) is 10.2. The van der Waals surface area contributed by atoms with Crippen LogP contribution in [0.25, 0.3) is 0 Å². The zero-order valence-corrected chi connectivity index (χ0v) is 17.4. The lowest BCUT2D eigenvalue weighted by Gasteiger charge is -2.33. The molecule has 0 radical (unpaired) electrons. The van der Waals surface area contributed by atoms with Crippen LogP contribution < -0.4 is 10.6 Å². The quantitative estimate of drug-likeness (QED) is 0.551. The minimum Gasteiger partial charge on any atom is -0.398 e. The Labute approximate surface area is 173 Å². The summed E-state index contributed by atoms with van der Waals surface area (Å²) in [5, 5.41) is 8.76. The highest BCUT2D eigenvalue weighted by atomic mass is 16.5. The van der Waals surface area contributed by atoms with E-state index < -0.39 is 0 Å². The number of morpholine rings is 1. The predicted molar refractivity (Wildman–Crippen MR) is 117 cm³/mol. The fraction of sp³-hybridized carbons (Fsp3) is 0.522. The van der Waals surface area contributed by atoms with Gasteiger partial charge in [-0.3, -0.25) is 5.41 Å². The molecule has 1 aromatic carbocycles. The Morgan fingerprint density at radius 2 is 2.14 bits per heavy atom. The number of benzene rings is 1. The molecular weight excluding hydrogens is 362 g/mol. The molecule has 154 valence electrons. The Balaban J connectivity index is 1.55. The SMILES string of the molecule is CCCC1CN(c2cc(C(=N)c3cc(CC4(C)CC4)ccc3N)ncn2)CCO1. The highest BCUT2D eigenvalue weighted by Gasteiger charge is 2.37. The molecule has 0 spiro atoms. The van der Waals surface area contributed by atoms with Crippen molar-refractivity contribution in [2.45, 2.75) is 52.1 Å². The molecule has 2 aromatic rings. The topological polar surface area (TPSA) is 88.1 Å². The Bertz CT molecular complexity index is 891. The maximum Gasteiger partial charge on any atom is 0.132 e. The fourth-order valence-electron chi connectivity index (χ4n) is 4.03. The normalized spacial score (nSPS) is 20.5. The molecule has 6 nitrogen and oxygen atoms in total. The number of nitrogens with two attached hydrogens (primary N) is 1. The molecule has 2 heterocycles. The van der Waals surface area contributed by atoms with Crippen LogP contribution in [0.2, 0.25) is 0 Å². The van der Waals surface area contributed by atoms with E-state index >= 15 is 0 Å². The van der Waals surface area contributed by atoms with E-state index in [4.69, 9.17) is 15.9 Å². The number of anilines is 2. The average molecular weight is 394 g/mol. The van der Waals surface area contributed by atoms with E-state index in [1.54, 1.807) is 6.33 Å². The van der Waals surface area contributed by atoms with Crippen molar-refractivity contribution in [2.75, 3.05) is 30.3 Å². The molecule has 2 fully saturated rings. The van der Waals surface area contributed by atoms with E-state index in [1.165, 1.54) is 18.4 Å². The van der Waals surface area contributed by atoms with E-state index in [9.17, 15) is 0 Å². The highest BCUT2D eigenvalue weighted by molar-refractivity contribution is 6.13. The number of ether oxygens (including phenoxy) is 1. The van der Waals surface area contributed by atoms with Crippen molar-refractivity contribution in [3.05, 3.63) is 47.4 Å². The molecule has 2 aliphatic rings. The molecule has 1 aromatic heterocycles. The smallest absolute Gasteiger partial charge is 0.132 e. The summed E-state index contributed by atoms with van der Waals surface area (Å²) < 4.78 is 5.85. The van der Waals surface area contributed by atoms with Crippen molar-refractivity contribution in [1.82, 2.24) is 9.97 Å². The number of nitrogens with zero attached hydrogens (tertiary/aromatic N) is 3. The van der Waals surface area contributed by atoms with Crippen molar-refractivity contribution in [3.63, 3.8) is 0 Å². The fourth-order valence-corrected chi connectivity index (χ4v) is 4.03. The molecule has 1 saturated carbocycles. The van der Waals surface area contributed by atoms with Crippen LogP contribution in [-0.2, 0) is 11.2 Å². The molecule has 29 heavy (non-hydrogen) atoms. The van der Waals surface area contributed by atoms with Crippen molar-refractivity contribution in [3.8, 4) is 0 Å². The molecule has 0 amide bonds. The van der Waals surface area contributed by atoms with Gasteiger partial charge in [0.05, 0.1) is 24.1 Å². The van der Waals surface area contributed by atoms with Crippen molar-refractivity contribution < 1.29 is 4.74 Å². The van der Waals surface area contributed by atoms with Gasteiger partial charge in [-0.1, -0.05) is 26.3 Å². The maximum absolute atomic E-state index is 8.76. The zero-order chi connectivity index (χ0) is 20.4. The number of nitrogen functional groups attached to an aromatic ring is 1. The Morgan fingerprint density at radius 3 is 2.90 bits per heavy atom. The van der Waals surface area contributed by atoms with Crippen LogP contribution >= 0.6 is 0 Å². The number of rotatable bonds is 7. The molecule has 3 N–H and O–H groups in total. The van der Waals surface area contributed by atoms with E-state index in [-0.39, 0.29) is 6.10 Å². The molecule has 1 unspecified atom stereocenters. The standard InChI is InChI=1S/C23H31N5O/c1-3-4-17-14-28(9-10-29-17)21-12-20(26-15-27-21)22(25)18-11-16(5-6-19(18)24)13-23(2)7-8-23/h5-6,11-12,15,17,25H,3-4,7-10,13-14,24H2,1-2H3. The van der Waals surface area contributed by atoms with Gasteiger partial charge < -0.3 is 15.4 Å². The summed E-state index contributed by atoms with van der Waals surface area (Å²) in [7, 11) is 0. The van der Waals surface area contributed by atoms with E-state index in [2.05, 4.69) is 40.8 Å². The molecule has 0 bridgehead atoms. The lowest BCUT2D eigenvalue weighted by molar-refractivity contribution is 0.0345. The Hall–Kier alpha value is -2.47. The van der Waals surface area contributed by atoms with Gasteiger partial charge in [-0.15, -0.1) is 0 Å². The van der Waals surface area contributed by atoms with Gasteiger partial charge in [-0.2, -0.15) is 0 Å². The van der Waals surface area contributed by atoms with Crippen molar-refractivity contribution in [2.24, 2.45) is 5.41 Å². The van der Waals surface area contributed by atoms with Gasteiger partial charge in [0.2, 0.25) is 0 Å². The largest absolute Gasteiger partial charge is 0.398 e. The summed E-state index contributed by atoms with van der Waals surface area (Å²) in [6, 6.07) is 7.98. The van der Waals surface area contributed by atoms with Crippen molar-refractivity contribution in [1.29, 1.82) is 5.41 Å². The number of nitrogens with one attached hydrogen (secondary N) is 1. The molecule has 1 atom stereocenters. The summed E-state index contributed by atoms with van der Waals surface area (Å²) in [5.74, 6) is 0.851. The predicted octanol–water partition coefficient (Wildman–Crippen LogP) is 3.82. The third-order valence-electron chi connectivity index (χ3n) is 6.10. The van der Waals surface area contributed by atoms with Crippen LogP contribution in [0.4, 0.5) is 11.5 Å². The second-order valence-corrected chi connectivity index (χ2v) is 8.77. The first kappa shape index (κ1) is 19.8. The molecule has 1 aliphatic carbocycles. The first-order valence-corrected chi connectivity index (χ1v) is 10.6. The van der Waals surface area contributed by atoms with Gasteiger partial charge in [0.15, 0.2) is 0 Å². The summed E-state index contributed by atoms with van der Waals surface area (Å²) in [4.78, 5) is 11.1. The monoisotopic (exact) mass is 393 g/mol. The molecular formula is C23H31N5O. The molecule has 1 aliphatic heterocycles. The lowest BCUT2D eigenvalue weighted by Crippen LogP contribution is -2.42. The van der Waals surface area contributed by atoms with Crippen LogP contribution in [0.3, 0.4) is 0 Å². The van der Waals surface area contributed by atoms with Crippen LogP contribution in [0, 0.1) is 10.8 Å². The van der Waals surface area contributed by atoms with Gasteiger partial charge in [-0.05, 0) is 48.8 Å². The first-order valence-electron chi connectivity index (χ1n) is 10.6. The van der Waals surface area contributed by atoms with Crippen LogP contribution in [0.1, 0.15) is 56.4 Å². The minimum atomic E-state index is 0.239. The second-order valence-electron chi connectivity index (χ2n) is 8.77. The summed E-state index contributed by atoms with van der Waals surface area (Å²) in [6.45, 7) is 6.83. The van der Waals surface area contributed by atoms with E-state index in [0.717, 1.165) is 43.7 Å². The average Bonchev–Trinajstić information content (AvgIpc) is 3.46. The Morgan fingerprint density at radius 1 is 1.31 bits per heavy atom. The third kappa shape index (κ3) is 4.58. The minimum absolute atomic E-state index is 0.239. The van der Waals surface area contributed by atoms with Gasteiger partial charge in [0, 0.05) is 30.4 Å². The van der Waals surface area contributed by atoms with Gasteiger partial charge in [-0.25, -0.2) is 9.97 Å². The Kier molecular flexibility index (Phi) is 5.54. The third-order valence-corrected chi connectivity index (χ3v) is 6.10. The first-order chi connectivity index (χ1) is 14.0. The molecule has 4 rings (SSSR count). The lowest BCUT2D eigenvalue weighted by atomic mass is 9.95.